The monoisotopic (exact) mass is 394 g/mol. The van der Waals surface area contributed by atoms with E-state index < -0.39 is 0 Å². The number of imidazole rings is 1. The maximum absolute atomic E-state index is 5.00. The van der Waals surface area contributed by atoms with Gasteiger partial charge >= 0.3 is 0 Å². The first-order valence-corrected chi connectivity index (χ1v) is 10.6. The molecule has 0 aliphatic carbocycles. The van der Waals surface area contributed by atoms with Crippen LogP contribution in [0.3, 0.4) is 0 Å². The molecule has 0 radical (unpaired) electrons. The van der Waals surface area contributed by atoms with E-state index in [9.17, 15) is 0 Å². The van der Waals surface area contributed by atoms with Crippen LogP contribution in [0, 0.1) is 0 Å². The Morgan fingerprint density at radius 3 is 2.37 bits per heavy atom. The maximum atomic E-state index is 5.00. The topological polar surface area (TPSA) is 34.0 Å². The lowest BCUT2D eigenvalue weighted by Crippen LogP contribution is -2.20. The van der Waals surface area contributed by atoms with Crippen LogP contribution in [0.15, 0.2) is 85.2 Å². The largest absolute Gasteiger partial charge is 0.337 e. The summed E-state index contributed by atoms with van der Waals surface area (Å²) in [6.45, 7) is 3.19. The lowest BCUT2D eigenvalue weighted by atomic mass is 10.1. The highest BCUT2D eigenvalue weighted by Gasteiger charge is 2.27. The zero-order chi connectivity index (χ0) is 20.3. The fourth-order valence-corrected chi connectivity index (χ4v) is 4.35. The van der Waals surface area contributed by atoms with Crippen LogP contribution in [0.2, 0.25) is 0 Å². The summed E-state index contributed by atoms with van der Waals surface area (Å²) in [5.74, 6) is 1.65. The summed E-state index contributed by atoms with van der Waals surface area (Å²) < 4.78 is 2.19. The first-order chi connectivity index (χ1) is 14.8. The molecule has 1 aliphatic rings. The molecule has 1 fully saturated rings. The summed E-state index contributed by atoms with van der Waals surface area (Å²) in [5.41, 5.74) is 5.57. The fourth-order valence-electron chi connectivity index (χ4n) is 4.35. The minimum atomic E-state index is 0.476. The van der Waals surface area contributed by atoms with Gasteiger partial charge in [0.25, 0.3) is 0 Å². The number of likely N-dealkylation sites (tertiary alicyclic amines) is 1. The van der Waals surface area contributed by atoms with Crippen molar-refractivity contribution in [2.45, 2.75) is 18.9 Å². The van der Waals surface area contributed by atoms with E-state index in [1.807, 2.05) is 24.4 Å². The Bertz CT molecular complexity index is 1100. The quantitative estimate of drug-likeness (QED) is 0.470. The van der Waals surface area contributed by atoms with Gasteiger partial charge in [-0.1, -0.05) is 60.7 Å². The Morgan fingerprint density at radius 2 is 1.63 bits per heavy atom. The Morgan fingerprint density at radius 1 is 0.867 bits per heavy atom. The van der Waals surface area contributed by atoms with Gasteiger partial charge in [-0.25, -0.2) is 4.98 Å². The average molecular weight is 395 g/mol. The van der Waals surface area contributed by atoms with Crippen LogP contribution in [0.1, 0.15) is 23.7 Å². The highest BCUT2D eigenvalue weighted by atomic mass is 15.2. The molecule has 4 nitrogen and oxygen atoms in total. The first-order valence-electron chi connectivity index (χ1n) is 10.6. The van der Waals surface area contributed by atoms with E-state index in [1.54, 1.807) is 0 Å². The highest BCUT2D eigenvalue weighted by Crippen LogP contribution is 2.30. The molecule has 0 amide bonds. The van der Waals surface area contributed by atoms with Gasteiger partial charge in [-0.15, -0.1) is 0 Å². The molecule has 4 heteroatoms. The molecule has 4 aromatic rings. The van der Waals surface area contributed by atoms with Crippen molar-refractivity contribution in [1.29, 1.82) is 0 Å². The van der Waals surface area contributed by atoms with E-state index in [4.69, 9.17) is 4.98 Å². The predicted molar refractivity (Wildman–Crippen MR) is 121 cm³/mol. The lowest BCUT2D eigenvalue weighted by Gasteiger charge is -2.16. The van der Waals surface area contributed by atoms with Gasteiger partial charge in [0, 0.05) is 49.6 Å². The van der Waals surface area contributed by atoms with Crippen molar-refractivity contribution in [1.82, 2.24) is 19.4 Å². The van der Waals surface area contributed by atoms with E-state index in [2.05, 4.69) is 82.3 Å². The van der Waals surface area contributed by atoms with Gasteiger partial charge in [0.15, 0.2) is 0 Å². The minimum absolute atomic E-state index is 0.476. The number of rotatable bonds is 5. The smallest absolute Gasteiger partial charge is 0.113 e. The van der Waals surface area contributed by atoms with Crippen LogP contribution in [0.4, 0.5) is 0 Å². The van der Waals surface area contributed by atoms with Gasteiger partial charge in [0.05, 0.1) is 11.4 Å². The van der Waals surface area contributed by atoms with Crippen molar-refractivity contribution in [3.8, 4) is 22.5 Å². The molecule has 1 unspecified atom stereocenters. The number of hydrogen-bond acceptors (Lipinski definition) is 3. The Balaban J connectivity index is 1.30. The van der Waals surface area contributed by atoms with Crippen molar-refractivity contribution < 1.29 is 0 Å². The van der Waals surface area contributed by atoms with Crippen molar-refractivity contribution >= 4 is 0 Å². The second-order valence-corrected chi connectivity index (χ2v) is 8.10. The third-order valence-electron chi connectivity index (χ3n) is 5.93. The molecule has 1 saturated heterocycles. The molecule has 0 spiro atoms. The number of hydrogen-bond donors (Lipinski definition) is 0. The van der Waals surface area contributed by atoms with Crippen LogP contribution < -0.4 is 0 Å². The van der Waals surface area contributed by atoms with Crippen LogP contribution in [-0.2, 0) is 13.6 Å². The van der Waals surface area contributed by atoms with Gasteiger partial charge in [-0.2, -0.15) is 0 Å². The van der Waals surface area contributed by atoms with E-state index in [-0.39, 0.29) is 0 Å². The molecule has 30 heavy (non-hydrogen) atoms. The summed E-state index contributed by atoms with van der Waals surface area (Å²) in [6, 6.07) is 25.2. The molecule has 0 bridgehead atoms. The summed E-state index contributed by atoms with van der Waals surface area (Å²) in [4.78, 5) is 12.2. The van der Waals surface area contributed by atoms with Gasteiger partial charge in [-0.3, -0.25) is 9.88 Å². The second-order valence-electron chi connectivity index (χ2n) is 8.10. The normalized spacial score (nSPS) is 16.8. The third kappa shape index (κ3) is 3.91. The van der Waals surface area contributed by atoms with Crippen molar-refractivity contribution in [2.24, 2.45) is 7.05 Å². The van der Waals surface area contributed by atoms with Gasteiger partial charge in [0.2, 0.25) is 0 Å². The van der Waals surface area contributed by atoms with E-state index in [0.29, 0.717) is 5.92 Å². The SMILES string of the molecule is Cn1cc(-c2ccc(-c3ccccc3)nc2)nc1C1CCN(Cc2ccccc2)C1. The molecule has 3 heterocycles. The number of nitrogens with zero attached hydrogens (tertiary/aromatic N) is 4. The standard InChI is InChI=1S/C26H26N4/c1-29-19-25(22-12-13-24(27-16-22)21-10-6-3-7-11-21)28-26(29)23-14-15-30(18-23)17-20-8-4-2-5-9-20/h2-13,16,19,23H,14-15,17-18H2,1H3. The summed E-state index contributed by atoms with van der Waals surface area (Å²) >= 11 is 0. The van der Waals surface area contributed by atoms with E-state index in [1.165, 1.54) is 11.4 Å². The van der Waals surface area contributed by atoms with Crippen LogP contribution in [0.25, 0.3) is 22.5 Å². The summed E-state index contributed by atoms with van der Waals surface area (Å²) in [5, 5.41) is 0. The number of aromatic nitrogens is 3. The molecule has 2 aromatic heterocycles. The van der Waals surface area contributed by atoms with E-state index in [0.717, 1.165) is 48.6 Å². The first kappa shape index (κ1) is 18.8. The molecule has 150 valence electrons. The number of aryl methyl sites for hydroxylation is 1. The van der Waals surface area contributed by atoms with Crippen LogP contribution >= 0.6 is 0 Å². The zero-order valence-corrected chi connectivity index (χ0v) is 17.3. The molecule has 1 atom stereocenters. The molecule has 2 aromatic carbocycles. The number of pyridine rings is 1. The Kier molecular flexibility index (Phi) is 5.16. The van der Waals surface area contributed by atoms with Crippen LogP contribution in [-0.4, -0.2) is 32.5 Å². The predicted octanol–water partition coefficient (Wildman–Crippen LogP) is 5.14. The molecule has 5 rings (SSSR count). The lowest BCUT2D eigenvalue weighted by molar-refractivity contribution is 0.325. The number of benzene rings is 2. The zero-order valence-electron chi connectivity index (χ0n) is 17.3. The molecule has 0 N–H and O–H groups in total. The van der Waals surface area contributed by atoms with Gasteiger partial charge < -0.3 is 4.57 Å². The fraction of sp³-hybridized carbons (Fsp3) is 0.231. The maximum Gasteiger partial charge on any atom is 0.113 e. The van der Waals surface area contributed by atoms with Crippen LogP contribution in [0.5, 0.6) is 0 Å². The Labute approximate surface area is 177 Å². The second kappa shape index (κ2) is 8.25. The molecule has 1 aliphatic heterocycles. The average Bonchev–Trinajstić information content (AvgIpc) is 3.41. The van der Waals surface area contributed by atoms with E-state index >= 15 is 0 Å². The minimum Gasteiger partial charge on any atom is -0.337 e. The summed E-state index contributed by atoms with van der Waals surface area (Å²) in [7, 11) is 2.11. The third-order valence-corrected chi connectivity index (χ3v) is 5.93. The van der Waals surface area contributed by atoms with Crippen molar-refractivity contribution in [2.75, 3.05) is 13.1 Å². The van der Waals surface area contributed by atoms with Gasteiger partial charge in [0.1, 0.15) is 5.82 Å². The van der Waals surface area contributed by atoms with Crippen molar-refractivity contribution in [3.05, 3.63) is 96.6 Å². The molecule has 0 saturated carbocycles. The Hall–Kier alpha value is -3.24. The molecular weight excluding hydrogens is 368 g/mol. The highest BCUT2D eigenvalue weighted by molar-refractivity contribution is 5.64. The van der Waals surface area contributed by atoms with Gasteiger partial charge in [-0.05, 0) is 30.7 Å². The molecular formula is C26H26N4. The summed E-state index contributed by atoms with van der Waals surface area (Å²) in [6.07, 6.45) is 5.22. The van der Waals surface area contributed by atoms with Crippen molar-refractivity contribution in [3.63, 3.8) is 0 Å².